The summed E-state index contributed by atoms with van der Waals surface area (Å²) >= 11 is 0. The average molecular weight is 299 g/mol. The molecule has 0 amide bonds. The third kappa shape index (κ3) is 3.58. The summed E-state index contributed by atoms with van der Waals surface area (Å²) in [4.78, 5) is 10.9. The topological polar surface area (TPSA) is 74.7 Å². The van der Waals surface area contributed by atoms with Crippen molar-refractivity contribution in [1.29, 1.82) is 0 Å². The lowest BCUT2D eigenvalue weighted by atomic mass is 9.87. The minimum atomic E-state index is -3.79. The summed E-state index contributed by atoms with van der Waals surface area (Å²) in [6, 6.07) is 5.27. The second-order valence-electron chi connectivity index (χ2n) is 5.89. The Morgan fingerprint density at radius 3 is 2.30 bits per heavy atom. The van der Waals surface area contributed by atoms with Gasteiger partial charge >= 0.3 is 5.97 Å². The first-order valence-electron chi connectivity index (χ1n) is 6.25. The van der Waals surface area contributed by atoms with Gasteiger partial charge in [0, 0.05) is 7.05 Å². The maximum atomic E-state index is 12.4. The number of rotatable bonds is 4. The van der Waals surface area contributed by atoms with Crippen LogP contribution in [0.25, 0.3) is 0 Å². The molecular weight excluding hydrogens is 278 g/mol. The van der Waals surface area contributed by atoms with Crippen LogP contribution in [-0.4, -0.2) is 37.4 Å². The van der Waals surface area contributed by atoms with Crippen molar-refractivity contribution in [3.05, 3.63) is 29.3 Å². The second kappa shape index (κ2) is 5.54. The second-order valence-corrected chi connectivity index (χ2v) is 7.90. The molecule has 0 atom stereocenters. The Morgan fingerprint density at radius 2 is 1.85 bits per heavy atom. The van der Waals surface area contributed by atoms with E-state index in [9.17, 15) is 13.2 Å². The van der Waals surface area contributed by atoms with E-state index in [2.05, 4.69) is 0 Å². The molecule has 0 aromatic heterocycles. The molecule has 1 rings (SSSR count). The van der Waals surface area contributed by atoms with Gasteiger partial charge in [-0.3, -0.25) is 4.79 Å². The SMILES string of the molecule is Cc1ccc(C(C)(C)C)cc1S(=O)(=O)N(C)CC(=O)O. The van der Waals surface area contributed by atoms with Gasteiger partial charge in [-0.2, -0.15) is 4.31 Å². The van der Waals surface area contributed by atoms with Crippen molar-refractivity contribution in [2.45, 2.75) is 38.0 Å². The number of hydrogen-bond acceptors (Lipinski definition) is 3. The van der Waals surface area contributed by atoms with Gasteiger partial charge in [0.1, 0.15) is 6.54 Å². The summed E-state index contributed by atoms with van der Waals surface area (Å²) in [5.74, 6) is -1.18. The molecule has 112 valence electrons. The van der Waals surface area contributed by atoms with Crippen LogP contribution in [0.15, 0.2) is 23.1 Å². The molecule has 0 aliphatic heterocycles. The fourth-order valence-corrected chi connectivity index (χ4v) is 3.15. The summed E-state index contributed by atoms with van der Waals surface area (Å²) in [5.41, 5.74) is 1.32. The monoisotopic (exact) mass is 299 g/mol. The molecule has 1 aromatic carbocycles. The highest BCUT2D eigenvalue weighted by Gasteiger charge is 2.26. The minimum Gasteiger partial charge on any atom is -0.480 e. The number of carbonyl (C=O) groups is 1. The van der Waals surface area contributed by atoms with E-state index in [1.54, 1.807) is 19.1 Å². The Labute approximate surface area is 120 Å². The number of carboxylic acid groups (broad SMARTS) is 1. The third-order valence-corrected chi connectivity index (χ3v) is 5.05. The molecule has 5 nitrogen and oxygen atoms in total. The molecule has 0 saturated heterocycles. The van der Waals surface area contributed by atoms with E-state index in [0.29, 0.717) is 5.56 Å². The van der Waals surface area contributed by atoms with E-state index < -0.39 is 22.5 Å². The van der Waals surface area contributed by atoms with Crippen LogP contribution in [0.1, 0.15) is 31.9 Å². The maximum Gasteiger partial charge on any atom is 0.318 e. The van der Waals surface area contributed by atoms with Gasteiger partial charge in [-0.25, -0.2) is 8.42 Å². The van der Waals surface area contributed by atoms with Crippen molar-refractivity contribution in [3.63, 3.8) is 0 Å². The lowest BCUT2D eigenvalue weighted by Gasteiger charge is -2.22. The van der Waals surface area contributed by atoms with Crippen LogP contribution in [-0.2, 0) is 20.2 Å². The van der Waals surface area contributed by atoms with E-state index in [0.717, 1.165) is 9.87 Å². The molecule has 20 heavy (non-hydrogen) atoms. The molecule has 0 spiro atoms. The average Bonchev–Trinajstić information content (AvgIpc) is 2.26. The smallest absolute Gasteiger partial charge is 0.318 e. The number of likely N-dealkylation sites (N-methyl/N-ethyl adjacent to an activating group) is 1. The highest BCUT2D eigenvalue weighted by atomic mass is 32.2. The molecule has 0 heterocycles. The van der Waals surface area contributed by atoms with Crippen molar-refractivity contribution in [2.75, 3.05) is 13.6 Å². The minimum absolute atomic E-state index is 0.161. The van der Waals surface area contributed by atoms with Crippen molar-refractivity contribution in [3.8, 4) is 0 Å². The van der Waals surface area contributed by atoms with Crippen LogP contribution in [0.3, 0.4) is 0 Å². The maximum absolute atomic E-state index is 12.4. The van der Waals surface area contributed by atoms with Gasteiger partial charge in [-0.1, -0.05) is 32.9 Å². The fourth-order valence-electron chi connectivity index (χ4n) is 1.79. The van der Waals surface area contributed by atoms with Crippen molar-refractivity contribution >= 4 is 16.0 Å². The Bertz CT molecular complexity index is 615. The number of aliphatic carboxylic acids is 1. The Hall–Kier alpha value is -1.40. The number of benzene rings is 1. The Kier molecular flexibility index (Phi) is 4.61. The van der Waals surface area contributed by atoms with Gasteiger partial charge in [-0.15, -0.1) is 0 Å². The van der Waals surface area contributed by atoms with E-state index >= 15 is 0 Å². The molecule has 0 fully saturated rings. The molecule has 1 aromatic rings. The van der Waals surface area contributed by atoms with Crippen molar-refractivity contribution < 1.29 is 18.3 Å². The molecule has 0 unspecified atom stereocenters. The van der Waals surface area contributed by atoms with Crippen LogP contribution in [0.2, 0.25) is 0 Å². The highest BCUT2D eigenvalue weighted by molar-refractivity contribution is 7.89. The Balaban J connectivity index is 3.34. The van der Waals surface area contributed by atoms with E-state index in [1.807, 2.05) is 26.8 Å². The lowest BCUT2D eigenvalue weighted by molar-refractivity contribution is -0.137. The number of sulfonamides is 1. The van der Waals surface area contributed by atoms with Crippen molar-refractivity contribution in [1.82, 2.24) is 4.31 Å². The van der Waals surface area contributed by atoms with E-state index in [4.69, 9.17) is 5.11 Å². The van der Waals surface area contributed by atoms with Gasteiger partial charge < -0.3 is 5.11 Å². The normalized spacial score (nSPS) is 12.7. The van der Waals surface area contributed by atoms with Gasteiger partial charge in [0.2, 0.25) is 10.0 Å². The van der Waals surface area contributed by atoms with E-state index in [1.165, 1.54) is 7.05 Å². The first kappa shape index (κ1) is 16.7. The molecular formula is C14H21NO4S. The van der Waals surface area contributed by atoms with Gasteiger partial charge in [-0.05, 0) is 29.5 Å². The van der Waals surface area contributed by atoms with Crippen LogP contribution >= 0.6 is 0 Å². The summed E-state index contributed by atoms with van der Waals surface area (Å²) < 4.78 is 25.7. The van der Waals surface area contributed by atoms with Crippen LogP contribution < -0.4 is 0 Å². The molecule has 0 bridgehead atoms. The zero-order valence-corrected chi connectivity index (χ0v) is 13.3. The fraction of sp³-hybridized carbons (Fsp3) is 0.500. The quantitative estimate of drug-likeness (QED) is 0.922. The number of aryl methyl sites for hydroxylation is 1. The number of carboxylic acids is 1. The summed E-state index contributed by atoms with van der Waals surface area (Å²) in [6.07, 6.45) is 0. The summed E-state index contributed by atoms with van der Waals surface area (Å²) in [5, 5.41) is 8.74. The van der Waals surface area contributed by atoms with Gasteiger partial charge in [0.25, 0.3) is 0 Å². The lowest BCUT2D eigenvalue weighted by Crippen LogP contribution is -2.32. The zero-order valence-electron chi connectivity index (χ0n) is 12.5. The standard InChI is InChI=1S/C14H21NO4S/c1-10-6-7-11(14(2,3)4)8-12(10)20(18,19)15(5)9-13(16)17/h6-8H,9H2,1-5H3,(H,16,17). The molecule has 1 N–H and O–H groups in total. The number of nitrogens with zero attached hydrogens (tertiary/aromatic N) is 1. The number of hydrogen-bond donors (Lipinski definition) is 1. The predicted molar refractivity (Wildman–Crippen MR) is 77.3 cm³/mol. The van der Waals surface area contributed by atoms with Crippen LogP contribution in [0, 0.1) is 6.92 Å². The largest absolute Gasteiger partial charge is 0.480 e. The first-order valence-corrected chi connectivity index (χ1v) is 7.69. The van der Waals surface area contributed by atoms with Crippen LogP contribution in [0.5, 0.6) is 0 Å². The molecule has 0 radical (unpaired) electrons. The highest BCUT2D eigenvalue weighted by Crippen LogP contribution is 2.27. The molecule has 0 saturated carbocycles. The summed E-state index contributed by atoms with van der Waals surface area (Å²) in [6.45, 7) is 7.13. The van der Waals surface area contributed by atoms with Gasteiger partial charge in [0.15, 0.2) is 0 Å². The Morgan fingerprint density at radius 1 is 1.30 bits per heavy atom. The molecule has 6 heteroatoms. The zero-order chi connectivity index (χ0) is 15.7. The molecule has 0 aliphatic rings. The molecule has 0 aliphatic carbocycles. The first-order chi connectivity index (χ1) is 8.96. The third-order valence-electron chi connectivity index (χ3n) is 3.10. The predicted octanol–water partition coefficient (Wildman–Crippen LogP) is 2.00. The van der Waals surface area contributed by atoms with Crippen LogP contribution in [0.4, 0.5) is 0 Å². The van der Waals surface area contributed by atoms with E-state index in [-0.39, 0.29) is 10.3 Å². The summed E-state index contributed by atoms with van der Waals surface area (Å²) in [7, 11) is -2.52. The van der Waals surface area contributed by atoms with Crippen molar-refractivity contribution in [2.24, 2.45) is 0 Å². The van der Waals surface area contributed by atoms with Gasteiger partial charge in [0.05, 0.1) is 4.90 Å².